The Morgan fingerprint density at radius 2 is 0.466 bits per heavy atom. The quantitative estimate of drug-likeness (QED) is 0.0217. The number of hydrogen-bond acceptors (Lipinski definition) is 21. The highest BCUT2D eigenvalue weighted by atomic mass is 16.3. The highest BCUT2D eigenvalue weighted by Crippen LogP contribution is 2.48. The van der Waals surface area contributed by atoms with Crippen LogP contribution in [0, 0.1) is 0 Å². The average molecular weight is 1950 g/mol. The normalized spacial score (nSPS) is 43.2. The van der Waals surface area contributed by atoms with Crippen molar-refractivity contribution < 1.29 is 218 Å². The second-order valence-corrected chi connectivity index (χ2v) is 29.9. The summed E-state index contributed by atoms with van der Waals surface area (Å²) in [6.45, 7) is -40.9. The van der Waals surface area contributed by atoms with Crippen LogP contribution in [0.25, 0.3) is 0 Å². The Kier molecular flexibility index (Phi) is 13.7. The van der Waals surface area contributed by atoms with E-state index in [0.717, 1.165) is 40.3 Å². The third kappa shape index (κ3) is 35.2. The number of phenolic OH excluding ortho intramolecular Hbond substituents is 7. The maximum absolute atomic E-state index is 11.9. The smallest absolute Gasteiger partial charge is 0.115 e. The van der Waals surface area contributed by atoms with Gasteiger partial charge in [-0.2, -0.15) is 0 Å². The Bertz CT molecular complexity index is 9590. The largest absolute Gasteiger partial charge is 0.508 e. The van der Waals surface area contributed by atoms with Crippen molar-refractivity contribution in [2.75, 3.05) is 144 Å². The second kappa shape index (κ2) is 53.5. The van der Waals surface area contributed by atoms with Crippen LogP contribution in [0.4, 0.5) is 0 Å². The molecule has 7 saturated carbocycles. The molecule has 7 unspecified atom stereocenters. The molecule has 7 aromatic carbocycles. The summed E-state index contributed by atoms with van der Waals surface area (Å²) in [5, 5.41) is 151. The van der Waals surface area contributed by atoms with E-state index >= 15 is 0 Å². The van der Waals surface area contributed by atoms with E-state index in [1.165, 1.54) is 19.0 Å². The average Bonchev–Trinajstić information content (AvgIpc) is 0.642. The van der Waals surface area contributed by atoms with E-state index in [1.807, 2.05) is 0 Å². The van der Waals surface area contributed by atoms with E-state index in [2.05, 4.69) is 0 Å². The Hall–Kier alpha value is -7.42. The first-order valence-corrected chi connectivity index (χ1v) is 39.4. The number of hydrogen-bond donors (Lipinski definition) is 14. The molecule has 7 aliphatic carbocycles. The topological polar surface area (TPSA) is 306 Å². The van der Waals surface area contributed by atoms with Gasteiger partial charge in [0.25, 0.3) is 0 Å². The SMILES string of the molecule is [2H]c1c([2H])c(C(C([2H])([2H])N(C)C([2H])([2H])[2H])C2(O)C([2H])([2H])C([2H])([2H])C([2H])([2H])C([2H])([2H])C2([2H])[2H])c([2H])c([2H])c1O.[2H]c1c([2H])c(C(C([2H])([2H])N(C)C)C2(O)C([2H])([2H])C([2H])([2H])C([2H])([2H])C([2H])([2H])C2([2H])[2H])c([2H])c([2H])c1O.[2H]c1c([2H])c(C(CN(C([2H])([2H])[2H])C([2H])([2H])[2H])C2(O)C([2H])([2H])C([2H])([2H])C([2H])([2H])C([2H])([2H])C2([2H])[2H])c([2H])c([2H])c1O.[2H]c1c([2H])c(C(CN(C)C([2H])([2H])[2H])C2(O)C([2H])([2H])C([2H])([2H])C([2H])([2H])C([2H])([2H])C2([2H])[2H])c([2H])c([2H])c1O.[2H]c1c([2H])c(C(CN(C)C)C2(O)C([2H])([2H])C([2H])([2H])C([2H])([2H])C([2H])([2H])C2([2H])[2H])c([2H])c([2H])c1O.[2H]c1c([2H])c(C([2H])(C2(O)CCCCC2)C([2H])([2H])N(C)C([2H])([2H])[2H])c([2H])c([2H])c1O.[2H]c1cc(C([2H])(C2(O)CCCCC2)C([2H])([2H])N(C([2H])([2H])[2H])C([2H])([2H])[2H])cc([2H])c1O. The summed E-state index contributed by atoms with van der Waals surface area (Å²) in [7, 11) is 7.19. The number of nitrogens with zero attached hydrogens (tertiary/aromatic N) is 7. The van der Waals surface area contributed by atoms with Gasteiger partial charge in [-0.3, -0.25) is 0 Å². The van der Waals surface area contributed by atoms with Gasteiger partial charge in [0.1, 0.15) is 40.2 Å². The number of aromatic hydroxyl groups is 7. The van der Waals surface area contributed by atoms with Gasteiger partial charge in [-0.1, -0.05) is 219 Å². The summed E-state index contributed by atoms with van der Waals surface area (Å²) in [6, 6.07) is -26.8. The molecule has 0 spiro atoms. The van der Waals surface area contributed by atoms with Crippen LogP contribution in [-0.2, 0) is 0 Å². The number of benzene rings is 7. The molecule has 7 aliphatic rings. The lowest BCUT2D eigenvalue weighted by atomic mass is 9.72. The molecule has 0 saturated heterocycles. The zero-order chi connectivity index (χ0) is 191. The van der Waals surface area contributed by atoms with Crippen LogP contribution in [0.3, 0.4) is 0 Å². The molecule has 0 bridgehead atoms. The van der Waals surface area contributed by atoms with E-state index in [1.54, 1.807) is 0 Å². The van der Waals surface area contributed by atoms with Crippen LogP contribution < -0.4 is 0 Å². The minimum absolute atomic E-state index is 0.0781. The Labute approximate surface area is 950 Å². The summed E-state index contributed by atoms with van der Waals surface area (Å²) < 4.78 is 865. The fraction of sp³-hybridized carbons (Fsp3) is 0.625. The van der Waals surface area contributed by atoms with Gasteiger partial charge >= 0.3 is 0 Å². The summed E-state index contributed by atoms with van der Waals surface area (Å²) in [5.74, 6) is -27.2. The fourth-order valence-corrected chi connectivity index (χ4v) is 12.9. The minimum Gasteiger partial charge on any atom is -0.508 e. The molecule has 21 heteroatoms. The zero-order valence-electron chi connectivity index (χ0n) is 179. The van der Waals surface area contributed by atoms with Gasteiger partial charge in [-0.15, -0.1) is 0 Å². The third-order valence-corrected chi connectivity index (χ3v) is 19.0. The van der Waals surface area contributed by atoms with Crippen molar-refractivity contribution >= 4 is 0 Å². The second-order valence-electron chi connectivity index (χ2n) is 29.9. The molecule has 0 heterocycles. The van der Waals surface area contributed by atoms with Crippen molar-refractivity contribution in [3.8, 4) is 40.2 Å². The Balaban J connectivity index is 0.000000330. The van der Waals surface area contributed by atoms with Gasteiger partial charge in [0.2, 0.25) is 0 Å². The minimum atomic E-state index is -4.47. The van der Waals surface area contributed by atoms with E-state index < -0.39 is 571 Å². The van der Waals surface area contributed by atoms with E-state index in [4.69, 9.17) is 147 Å². The van der Waals surface area contributed by atoms with Crippen molar-refractivity contribution in [1.29, 1.82) is 0 Å². The van der Waals surface area contributed by atoms with Gasteiger partial charge in [0.05, 0.1) is 74.8 Å². The predicted octanol–water partition coefficient (Wildman–Crippen LogP) is 19.1. The molecule has 14 rings (SSSR count). The summed E-state index contributed by atoms with van der Waals surface area (Å²) >= 11 is 0. The first kappa shape index (κ1) is 34.0. The molecule has 742 valence electrons. The lowest BCUT2D eigenvalue weighted by molar-refractivity contribution is -0.0280. The van der Waals surface area contributed by atoms with Crippen molar-refractivity contribution in [3.05, 3.63) is 208 Å². The van der Waals surface area contributed by atoms with E-state index in [9.17, 15) is 71.5 Å². The van der Waals surface area contributed by atoms with Crippen LogP contribution >= 0.6 is 0 Å². The molecule has 0 amide bonds. The maximum atomic E-state index is 11.9. The molecular weight excluding hydrogens is 1670 g/mol. The molecule has 0 aliphatic heterocycles. The first-order valence-electron chi connectivity index (χ1n) is 92.9. The highest BCUT2D eigenvalue weighted by molar-refractivity contribution is 5.37. The van der Waals surface area contributed by atoms with Gasteiger partial charge in [-0.05, 0) is 311 Å². The van der Waals surface area contributed by atoms with Crippen LogP contribution in [-0.4, -0.2) is 289 Å². The standard InChI is InChI=1S/7C16H25NO2/c7*1-17(2)12-15(13-6-8-14(18)9-7-13)16(19)10-4-3-5-11-16/h7*6-9,15,18-19H,3-5,10-12H2,1-2H3/i1D3,3D2,4D2,5D2,6D,7D,8D,9D,10D2,11D2,12D2;1D3,2D3,3D2,4D2,5D2,6D,7D,8D,9D,10D2,11D2;3D2,4D2,5D2,6D,7D,8D,9D,10D2,11D2,12D2;1D3,3D2,4D2,5D2,6D,7D,8D,9D,10D2,11D2;3D2,4D2,5D2,6D,7D,8D,9D,10D2,11D2;1D3,6D,7D,8D,9D,12D2,15D;1D3,2D3,8D,9D,12D2,15D. The molecule has 21 nitrogen and oxygen atoms in total. The summed E-state index contributed by atoms with van der Waals surface area (Å²) in [5.41, 5.74) is -32.0. The van der Waals surface area contributed by atoms with Crippen molar-refractivity contribution in [1.82, 2.24) is 34.3 Å². The highest BCUT2D eigenvalue weighted by Gasteiger charge is 2.46. The number of likely N-dealkylation sites (N-methyl/N-ethyl adjacent to an activating group) is 7. The van der Waals surface area contributed by atoms with Crippen molar-refractivity contribution in [2.24, 2.45) is 0 Å². The third-order valence-electron chi connectivity index (χ3n) is 19.0. The molecule has 14 N–H and O–H groups in total. The number of phenols is 7. The Morgan fingerprint density at radius 1 is 0.248 bits per heavy atom. The fourth-order valence-electron chi connectivity index (χ4n) is 12.9. The van der Waals surface area contributed by atoms with E-state index in [0.29, 0.717) is 60.3 Å². The molecular formula is C112H175N7O14. The zero-order valence-corrected chi connectivity index (χ0v) is 72.1. The monoisotopic (exact) mass is 1950 g/mol. The van der Waals surface area contributed by atoms with Gasteiger partial charge in [0.15, 0.2) is 0 Å². The van der Waals surface area contributed by atoms with Gasteiger partial charge in [-0.25, -0.2) is 0 Å². The molecule has 133 heavy (non-hydrogen) atoms. The first-order chi connectivity index (χ1) is 105. The lowest BCUT2D eigenvalue weighted by Gasteiger charge is -2.40. The summed E-state index contributed by atoms with van der Waals surface area (Å²) in [6.07, 6.45) is -98.5. The van der Waals surface area contributed by atoms with E-state index in [-0.39, 0.29) is 40.4 Å². The predicted molar refractivity (Wildman–Crippen MR) is 542 cm³/mol. The molecule has 7 atom stereocenters. The maximum Gasteiger partial charge on any atom is 0.115 e. The van der Waals surface area contributed by atoms with Crippen LogP contribution in [0.5, 0.6) is 40.2 Å². The van der Waals surface area contributed by atoms with Crippen LogP contribution in [0.2, 0.25) is 0 Å². The number of rotatable bonds is 28. The number of aliphatic hydroxyl groups is 7. The molecule has 7 aromatic rings. The van der Waals surface area contributed by atoms with Crippen molar-refractivity contribution in [2.45, 2.75) is 304 Å². The summed E-state index contributed by atoms with van der Waals surface area (Å²) in [4.78, 5) is 1.71. The molecule has 0 radical (unpaired) electrons. The molecule has 0 aromatic heterocycles. The lowest BCUT2D eigenvalue weighted by Crippen LogP contribution is -2.42. The van der Waals surface area contributed by atoms with Gasteiger partial charge in [0, 0.05) is 198 Å². The van der Waals surface area contributed by atoms with Crippen LogP contribution in [0.15, 0.2) is 169 Å². The Morgan fingerprint density at radius 3 is 0.737 bits per heavy atom. The van der Waals surface area contributed by atoms with Gasteiger partial charge < -0.3 is 106 Å². The van der Waals surface area contributed by atoms with Crippen molar-refractivity contribution in [3.63, 3.8) is 0 Å². The molecule has 7 fully saturated rings. The van der Waals surface area contributed by atoms with Crippen LogP contribution in [0.1, 0.15) is 451 Å².